The maximum Gasteiger partial charge on any atom is 0.0873 e. The normalized spacial score (nSPS) is 12.9. The molecule has 0 amide bonds. The predicted octanol–water partition coefficient (Wildman–Crippen LogP) is 6.54. The van der Waals surface area contributed by atoms with Gasteiger partial charge in [-0.15, -0.1) is 0 Å². The number of azide groups is 1. The largest absolute Gasteiger partial charge is 0.515 e. The van der Waals surface area contributed by atoms with E-state index in [1.165, 1.54) is 70.6 Å². The minimum absolute atomic E-state index is 0.00596. The Morgan fingerprint density at radius 3 is 1.74 bits per heavy atom. The van der Waals surface area contributed by atoms with E-state index in [2.05, 4.69) is 16.9 Å². The van der Waals surface area contributed by atoms with Crippen LogP contribution in [0.3, 0.4) is 0 Å². The van der Waals surface area contributed by atoms with Crippen molar-refractivity contribution in [1.82, 2.24) is 0 Å². The van der Waals surface area contributed by atoms with Gasteiger partial charge in [-0.05, 0) is 12.0 Å². The molecular weight excluding hydrogens is 290 g/mol. The molecule has 0 spiro atoms. The first-order valence-electron chi connectivity index (χ1n) is 9.33. The van der Waals surface area contributed by atoms with Crippen molar-refractivity contribution >= 4 is 0 Å². The Labute approximate surface area is 141 Å². The number of unbranched alkanes of at least 4 members (excludes halogenated alkanes) is 12. The number of nitrogens with zero attached hydrogens (tertiary/aromatic N) is 3. The fourth-order valence-corrected chi connectivity index (χ4v) is 2.73. The molecule has 2 N–H and O–H groups in total. The van der Waals surface area contributed by atoms with Crippen LogP contribution in [0.2, 0.25) is 0 Å². The maximum atomic E-state index is 9.72. The van der Waals surface area contributed by atoms with Gasteiger partial charge in [-0.2, -0.15) is 0 Å². The number of aliphatic hydroxyl groups is 2. The van der Waals surface area contributed by atoms with Gasteiger partial charge in [0.2, 0.25) is 0 Å². The van der Waals surface area contributed by atoms with Gasteiger partial charge in [-0.1, -0.05) is 95.5 Å². The Morgan fingerprint density at radius 2 is 1.35 bits per heavy atom. The fraction of sp³-hybridized carbons (Fsp3) is 0.889. The van der Waals surface area contributed by atoms with Gasteiger partial charge in [0.25, 0.3) is 0 Å². The van der Waals surface area contributed by atoms with Gasteiger partial charge in [-0.25, -0.2) is 0 Å². The van der Waals surface area contributed by atoms with E-state index >= 15 is 0 Å². The second-order valence-electron chi connectivity index (χ2n) is 6.29. The van der Waals surface area contributed by atoms with Gasteiger partial charge in [0.15, 0.2) is 0 Å². The lowest BCUT2D eigenvalue weighted by Crippen LogP contribution is -2.08. The van der Waals surface area contributed by atoms with E-state index in [0.717, 1.165) is 12.8 Å². The van der Waals surface area contributed by atoms with Crippen molar-refractivity contribution in [2.45, 2.75) is 103 Å². The molecule has 0 saturated carbocycles. The summed E-state index contributed by atoms with van der Waals surface area (Å²) in [4.78, 5) is 2.58. The van der Waals surface area contributed by atoms with E-state index in [-0.39, 0.29) is 5.70 Å². The van der Waals surface area contributed by atoms with E-state index in [9.17, 15) is 5.11 Å². The molecule has 0 aliphatic carbocycles. The first kappa shape index (κ1) is 21.8. The summed E-state index contributed by atoms with van der Waals surface area (Å²) in [6, 6.07) is 0. The highest BCUT2D eigenvalue weighted by molar-refractivity contribution is 5.01. The fourth-order valence-electron chi connectivity index (χ4n) is 2.73. The molecule has 5 nitrogen and oxygen atoms in total. The standard InChI is InChI=1S/C18H35N3O2/c1-2-3-4-5-6-7-8-9-10-11-12-13-14-15-18(23)17(16-22)20-21-19/h16,18,22-23H,2-15H2,1H3/b17-16+. The summed E-state index contributed by atoms with van der Waals surface area (Å²) in [5, 5.41) is 21.8. The van der Waals surface area contributed by atoms with E-state index in [4.69, 9.17) is 10.6 Å². The number of aliphatic hydroxyl groups excluding tert-OH is 2. The lowest BCUT2D eigenvalue weighted by Gasteiger charge is -2.09. The van der Waals surface area contributed by atoms with Gasteiger partial charge in [0, 0.05) is 4.91 Å². The summed E-state index contributed by atoms with van der Waals surface area (Å²) in [6.45, 7) is 2.25. The molecule has 0 rings (SSSR count). The molecule has 0 aromatic heterocycles. The third-order valence-corrected chi connectivity index (χ3v) is 4.21. The Hall–Kier alpha value is -1.19. The first-order chi connectivity index (χ1) is 11.3. The molecule has 0 aromatic rings. The minimum atomic E-state index is -0.858. The van der Waals surface area contributed by atoms with Crippen LogP contribution in [0, 0.1) is 0 Å². The van der Waals surface area contributed by atoms with Crippen LogP contribution in [-0.2, 0) is 0 Å². The van der Waals surface area contributed by atoms with Crippen molar-refractivity contribution in [3.05, 3.63) is 22.4 Å². The molecule has 0 aromatic carbocycles. The van der Waals surface area contributed by atoms with E-state index in [1.807, 2.05) is 0 Å². The summed E-state index contributed by atoms with van der Waals surface area (Å²) in [6.07, 6.45) is 17.0. The van der Waals surface area contributed by atoms with Crippen molar-refractivity contribution in [1.29, 1.82) is 0 Å². The minimum Gasteiger partial charge on any atom is -0.515 e. The van der Waals surface area contributed by atoms with Crippen molar-refractivity contribution in [3.63, 3.8) is 0 Å². The van der Waals surface area contributed by atoms with E-state index < -0.39 is 6.10 Å². The number of rotatable bonds is 16. The van der Waals surface area contributed by atoms with Crippen molar-refractivity contribution in [2.75, 3.05) is 0 Å². The molecular formula is C18H35N3O2. The van der Waals surface area contributed by atoms with Gasteiger partial charge >= 0.3 is 0 Å². The molecule has 0 heterocycles. The lowest BCUT2D eigenvalue weighted by atomic mass is 10.0. The Morgan fingerprint density at radius 1 is 0.913 bits per heavy atom. The Bertz CT molecular complexity index is 339. The highest BCUT2D eigenvalue weighted by Crippen LogP contribution is 2.15. The molecule has 23 heavy (non-hydrogen) atoms. The summed E-state index contributed by atoms with van der Waals surface area (Å²) >= 11 is 0. The quantitative estimate of drug-likeness (QED) is 0.111. The predicted molar refractivity (Wildman–Crippen MR) is 96.2 cm³/mol. The molecule has 0 bridgehead atoms. The zero-order valence-electron chi connectivity index (χ0n) is 14.8. The maximum absolute atomic E-state index is 9.72. The molecule has 0 aliphatic heterocycles. The van der Waals surface area contributed by atoms with Crippen LogP contribution in [0.15, 0.2) is 17.1 Å². The second-order valence-corrected chi connectivity index (χ2v) is 6.29. The average Bonchev–Trinajstić information content (AvgIpc) is 2.56. The summed E-state index contributed by atoms with van der Waals surface area (Å²) in [7, 11) is 0. The molecule has 0 radical (unpaired) electrons. The van der Waals surface area contributed by atoms with Gasteiger partial charge in [0.1, 0.15) is 0 Å². The Balaban J connectivity index is 3.32. The van der Waals surface area contributed by atoms with Crippen LogP contribution in [0.4, 0.5) is 0 Å². The highest BCUT2D eigenvalue weighted by Gasteiger charge is 2.08. The third-order valence-electron chi connectivity index (χ3n) is 4.21. The zero-order valence-corrected chi connectivity index (χ0v) is 14.8. The van der Waals surface area contributed by atoms with E-state index in [0.29, 0.717) is 12.7 Å². The molecule has 0 saturated heterocycles. The molecule has 1 unspecified atom stereocenters. The number of hydrogen-bond acceptors (Lipinski definition) is 3. The smallest absolute Gasteiger partial charge is 0.0873 e. The molecule has 5 heteroatoms. The van der Waals surface area contributed by atoms with Crippen LogP contribution in [-0.4, -0.2) is 16.3 Å². The monoisotopic (exact) mass is 325 g/mol. The van der Waals surface area contributed by atoms with Crippen LogP contribution in [0.5, 0.6) is 0 Å². The molecule has 1 atom stereocenters. The second kappa shape index (κ2) is 17.2. The topological polar surface area (TPSA) is 89.2 Å². The SMILES string of the molecule is CCCCCCCCCCCCCCCC(O)/C(=C\O)N=[N+]=[N-]. The van der Waals surface area contributed by atoms with Crippen molar-refractivity contribution < 1.29 is 10.2 Å². The summed E-state index contributed by atoms with van der Waals surface area (Å²) in [5.41, 5.74) is 8.30. The average molecular weight is 325 g/mol. The Kier molecular flexibility index (Phi) is 16.3. The van der Waals surface area contributed by atoms with Crippen LogP contribution >= 0.6 is 0 Å². The number of hydrogen-bond donors (Lipinski definition) is 2. The summed E-state index contributed by atoms with van der Waals surface area (Å²) in [5.74, 6) is 0. The van der Waals surface area contributed by atoms with Gasteiger partial charge < -0.3 is 10.2 Å². The van der Waals surface area contributed by atoms with Crippen LogP contribution in [0.25, 0.3) is 10.4 Å². The lowest BCUT2D eigenvalue weighted by molar-refractivity contribution is 0.190. The molecule has 0 aliphatic rings. The molecule has 0 fully saturated rings. The van der Waals surface area contributed by atoms with Gasteiger partial charge in [-0.3, -0.25) is 0 Å². The first-order valence-corrected chi connectivity index (χ1v) is 9.33. The molecule has 134 valence electrons. The highest BCUT2D eigenvalue weighted by atomic mass is 16.3. The summed E-state index contributed by atoms with van der Waals surface area (Å²) < 4.78 is 0. The zero-order chi connectivity index (χ0) is 17.2. The van der Waals surface area contributed by atoms with E-state index in [1.54, 1.807) is 0 Å². The van der Waals surface area contributed by atoms with Crippen molar-refractivity contribution in [2.24, 2.45) is 5.11 Å². The van der Waals surface area contributed by atoms with Gasteiger partial charge in [0.05, 0.1) is 18.1 Å². The third kappa shape index (κ3) is 14.2. The van der Waals surface area contributed by atoms with Crippen LogP contribution in [0.1, 0.15) is 96.8 Å². The van der Waals surface area contributed by atoms with Crippen LogP contribution < -0.4 is 0 Å². The van der Waals surface area contributed by atoms with Crippen molar-refractivity contribution in [3.8, 4) is 0 Å².